The van der Waals surface area contributed by atoms with Gasteiger partial charge in [0.15, 0.2) is 5.11 Å². The molecule has 0 spiro atoms. The van der Waals surface area contributed by atoms with Crippen molar-refractivity contribution in [1.82, 2.24) is 10.6 Å². The molecule has 3 rings (SSSR count). The number of hydrogen-bond donors (Lipinski definition) is 3. The maximum absolute atomic E-state index is 12.5. The fourth-order valence-corrected chi connectivity index (χ4v) is 3.13. The molecule has 1 fully saturated rings. The van der Waals surface area contributed by atoms with Gasteiger partial charge in [-0.2, -0.15) is 0 Å². The molecule has 1 heterocycles. The molecule has 2 amide bonds. The first kappa shape index (κ1) is 20.0. The predicted molar refractivity (Wildman–Crippen MR) is 113 cm³/mol. The molecule has 146 valence electrons. The Kier molecular flexibility index (Phi) is 6.73. The highest BCUT2D eigenvalue weighted by atomic mass is 32.1. The van der Waals surface area contributed by atoms with Crippen molar-refractivity contribution >= 4 is 34.8 Å². The molecule has 1 aliphatic rings. The van der Waals surface area contributed by atoms with E-state index < -0.39 is 0 Å². The number of anilines is 1. The van der Waals surface area contributed by atoms with Gasteiger partial charge in [0.25, 0.3) is 11.8 Å². The van der Waals surface area contributed by atoms with Gasteiger partial charge in [-0.25, -0.2) is 0 Å². The largest absolute Gasteiger partial charge is 0.376 e. The minimum Gasteiger partial charge on any atom is -0.376 e. The second-order valence-electron chi connectivity index (χ2n) is 6.66. The summed E-state index contributed by atoms with van der Waals surface area (Å²) in [4.78, 5) is 24.8. The standard InChI is InChI=1S/C21H23N3O3S/c1-14-8-10-15(11-9-14)19(25)24-21(28)23-18-7-3-2-6-17(18)20(26)22-13-16-5-4-12-27-16/h2-3,6-11,16H,4-5,12-13H2,1H3,(H,22,26)(H2,23,24,25,28). The van der Waals surface area contributed by atoms with Gasteiger partial charge < -0.3 is 15.4 Å². The summed E-state index contributed by atoms with van der Waals surface area (Å²) in [6.07, 6.45) is 2.04. The van der Waals surface area contributed by atoms with E-state index in [1.165, 1.54) is 0 Å². The van der Waals surface area contributed by atoms with Crippen LogP contribution in [-0.2, 0) is 4.74 Å². The third-order valence-electron chi connectivity index (χ3n) is 4.47. The molecule has 2 aromatic carbocycles. The van der Waals surface area contributed by atoms with Crippen molar-refractivity contribution < 1.29 is 14.3 Å². The first-order chi connectivity index (χ1) is 13.5. The molecule has 1 atom stereocenters. The summed E-state index contributed by atoms with van der Waals surface area (Å²) in [6, 6.07) is 14.2. The van der Waals surface area contributed by atoms with Crippen LogP contribution in [0.1, 0.15) is 39.1 Å². The first-order valence-electron chi connectivity index (χ1n) is 9.21. The molecule has 0 radical (unpaired) electrons. The lowest BCUT2D eigenvalue weighted by Crippen LogP contribution is -2.35. The van der Waals surface area contributed by atoms with E-state index in [-0.39, 0.29) is 23.0 Å². The number of aryl methyl sites for hydroxylation is 1. The van der Waals surface area contributed by atoms with Crippen LogP contribution in [0, 0.1) is 6.92 Å². The van der Waals surface area contributed by atoms with Gasteiger partial charge in [0.05, 0.1) is 17.4 Å². The molecule has 7 heteroatoms. The van der Waals surface area contributed by atoms with Crippen LogP contribution in [0.15, 0.2) is 48.5 Å². The molecule has 0 saturated carbocycles. The number of carbonyl (C=O) groups is 2. The number of rotatable bonds is 5. The summed E-state index contributed by atoms with van der Waals surface area (Å²) >= 11 is 5.24. The number of ether oxygens (including phenoxy) is 1. The molecule has 3 N–H and O–H groups in total. The lowest BCUT2D eigenvalue weighted by molar-refractivity contribution is 0.0858. The number of thiocarbonyl (C=S) groups is 1. The highest BCUT2D eigenvalue weighted by Gasteiger charge is 2.18. The number of amides is 2. The van der Waals surface area contributed by atoms with E-state index in [9.17, 15) is 9.59 Å². The van der Waals surface area contributed by atoms with Crippen molar-refractivity contribution in [2.75, 3.05) is 18.5 Å². The number of nitrogens with one attached hydrogen (secondary N) is 3. The van der Waals surface area contributed by atoms with Gasteiger partial charge in [0, 0.05) is 18.7 Å². The van der Waals surface area contributed by atoms with Crippen LogP contribution in [0.5, 0.6) is 0 Å². The molecule has 28 heavy (non-hydrogen) atoms. The summed E-state index contributed by atoms with van der Waals surface area (Å²) in [5.74, 6) is -0.524. The van der Waals surface area contributed by atoms with Crippen LogP contribution in [-0.4, -0.2) is 36.2 Å². The zero-order valence-corrected chi connectivity index (χ0v) is 16.5. The average molecular weight is 398 g/mol. The van der Waals surface area contributed by atoms with Crippen LogP contribution < -0.4 is 16.0 Å². The number of hydrogen-bond acceptors (Lipinski definition) is 4. The highest BCUT2D eigenvalue weighted by Crippen LogP contribution is 2.16. The summed E-state index contributed by atoms with van der Waals surface area (Å²) in [5.41, 5.74) is 2.56. The smallest absolute Gasteiger partial charge is 0.257 e. The maximum atomic E-state index is 12.5. The molecule has 6 nitrogen and oxygen atoms in total. The molecule has 1 aliphatic heterocycles. The molecule has 1 saturated heterocycles. The Morgan fingerprint density at radius 1 is 1.11 bits per heavy atom. The van der Waals surface area contributed by atoms with E-state index in [0.29, 0.717) is 23.4 Å². The van der Waals surface area contributed by atoms with Crippen molar-refractivity contribution in [3.8, 4) is 0 Å². The quantitative estimate of drug-likeness (QED) is 0.676. The molecular weight excluding hydrogens is 374 g/mol. The topological polar surface area (TPSA) is 79.5 Å². The van der Waals surface area contributed by atoms with Crippen molar-refractivity contribution in [2.24, 2.45) is 0 Å². The Hall–Kier alpha value is -2.77. The molecule has 0 bridgehead atoms. The van der Waals surface area contributed by atoms with Crippen LogP contribution in [0.25, 0.3) is 0 Å². The molecular formula is C21H23N3O3S. The third-order valence-corrected chi connectivity index (χ3v) is 4.68. The summed E-state index contributed by atoms with van der Waals surface area (Å²) in [7, 11) is 0. The van der Waals surface area contributed by atoms with Crippen LogP contribution >= 0.6 is 12.2 Å². The second kappa shape index (κ2) is 9.43. The first-order valence-corrected chi connectivity index (χ1v) is 9.61. The third kappa shape index (κ3) is 5.37. The average Bonchev–Trinajstić information content (AvgIpc) is 3.20. The van der Waals surface area contributed by atoms with Gasteiger partial charge in [-0.05, 0) is 56.2 Å². The molecule has 0 aromatic heterocycles. The van der Waals surface area contributed by atoms with Gasteiger partial charge in [-0.15, -0.1) is 0 Å². The van der Waals surface area contributed by atoms with E-state index in [4.69, 9.17) is 17.0 Å². The van der Waals surface area contributed by atoms with Gasteiger partial charge in [-0.3, -0.25) is 14.9 Å². The van der Waals surface area contributed by atoms with Crippen LogP contribution in [0.4, 0.5) is 5.69 Å². The zero-order valence-electron chi connectivity index (χ0n) is 15.7. The zero-order chi connectivity index (χ0) is 19.9. The monoisotopic (exact) mass is 397 g/mol. The van der Waals surface area contributed by atoms with E-state index >= 15 is 0 Å². The van der Waals surface area contributed by atoms with Gasteiger partial charge in [-0.1, -0.05) is 29.8 Å². The summed E-state index contributed by atoms with van der Waals surface area (Å²) in [5, 5.41) is 8.60. The Morgan fingerprint density at radius 2 is 1.86 bits per heavy atom. The van der Waals surface area contributed by atoms with Gasteiger partial charge in [0.2, 0.25) is 0 Å². The van der Waals surface area contributed by atoms with E-state index in [2.05, 4.69) is 16.0 Å². The Bertz CT molecular complexity index is 861. The Labute approximate surface area is 169 Å². The number of carbonyl (C=O) groups excluding carboxylic acids is 2. The lowest BCUT2D eigenvalue weighted by Gasteiger charge is -2.15. The van der Waals surface area contributed by atoms with Gasteiger partial charge >= 0.3 is 0 Å². The minimum absolute atomic E-state index is 0.0685. The highest BCUT2D eigenvalue weighted by molar-refractivity contribution is 7.80. The normalized spacial score (nSPS) is 15.7. The Morgan fingerprint density at radius 3 is 2.57 bits per heavy atom. The van der Waals surface area contributed by atoms with Gasteiger partial charge in [0.1, 0.15) is 0 Å². The van der Waals surface area contributed by atoms with Crippen molar-refractivity contribution in [2.45, 2.75) is 25.9 Å². The van der Waals surface area contributed by atoms with Crippen molar-refractivity contribution in [3.05, 3.63) is 65.2 Å². The van der Waals surface area contributed by atoms with E-state index in [0.717, 1.165) is 25.0 Å². The summed E-state index contributed by atoms with van der Waals surface area (Å²) < 4.78 is 5.53. The summed E-state index contributed by atoms with van der Waals surface area (Å²) in [6.45, 7) is 3.17. The van der Waals surface area contributed by atoms with Crippen molar-refractivity contribution in [3.63, 3.8) is 0 Å². The molecule has 0 aliphatic carbocycles. The number of benzene rings is 2. The Balaban J connectivity index is 1.60. The van der Waals surface area contributed by atoms with Crippen LogP contribution in [0.3, 0.4) is 0 Å². The SMILES string of the molecule is Cc1ccc(C(=O)NC(=S)Nc2ccccc2C(=O)NCC2CCCO2)cc1. The maximum Gasteiger partial charge on any atom is 0.257 e. The fourth-order valence-electron chi connectivity index (χ4n) is 2.93. The molecule has 1 unspecified atom stereocenters. The van der Waals surface area contributed by atoms with E-state index in [1.807, 2.05) is 19.1 Å². The fraction of sp³-hybridized carbons (Fsp3) is 0.286. The lowest BCUT2D eigenvalue weighted by atomic mass is 10.1. The predicted octanol–water partition coefficient (Wildman–Crippen LogP) is 3.03. The second-order valence-corrected chi connectivity index (χ2v) is 7.07. The van der Waals surface area contributed by atoms with E-state index in [1.54, 1.807) is 36.4 Å². The number of para-hydroxylation sites is 1. The van der Waals surface area contributed by atoms with Crippen molar-refractivity contribution in [1.29, 1.82) is 0 Å². The molecule has 2 aromatic rings. The van der Waals surface area contributed by atoms with Crippen LogP contribution in [0.2, 0.25) is 0 Å². The minimum atomic E-state index is -0.308.